The number of carbonyl (C=O) groups excluding carboxylic acids is 1. The molecule has 0 bridgehead atoms. The first-order chi connectivity index (χ1) is 11.0. The molecule has 4 heteroatoms. The molecule has 0 radical (unpaired) electrons. The van der Waals surface area contributed by atoms with Gasteiger partial charge in [0.25, 0.3) is 0 Å². The number of thioether (sulfide) groups is 1. The summed E-state index contributed by atoms with van der Waals surface area (Å²) in [5.74, 6) is 1.09. The minimum absolute atomic E-state index is 0.0670. The molecule has 2 rings (SSSR count). The first-order valence-corrected chi connectivity index (χ1v) is 8.77. The van der Waals surface area contributed by atoms with E-state index in [1.54, 1.807) is 35.8 Å². The first-order valence-electron chi connectivity index (χ1n) is 7.62. The summed E-state index contributed by atoms with van der Waals surface area (Å²) in [6.07, 6.45) is 0. The van der Waals surface area contributed by atoms with E-state index in [0.717, 1.165) is 11.3 Å². The van der Waals surface area contributed by atoms with Crippen molar-refractivity contribution in [3.63, 3.8) is 0 Å². The maximum absolute atomic E-state index is 13.0. The van der Waals surface area contributed by atoms with Gasteiger partial charge in [0.05, 0.1) is 11.8 Å². The zero-order valence-corrected chi connectivity index (χ0v) is 14.6. The fraction of sp³-hybridized carbons (Fsp3) is 0.316. The summed E-state index contributed by atoms with van der Waals surface area (Å²) in [5.41, 5.74) is 3.40. The third-order valence-electron chi connectivity index (χ3n) is 3.90. The van der Waals surface area contributed by atoms with Crippen molar-refractivity contribution in [1.82, 2.24) is 4.90 Å². The average Bonchev–Trinajstić information content (AvgIpc) is 2.54. The van der Waals surface area contributed by atoms with Crippen molar-refractivity contribution in [2.45, 2.75) is 25.6 Å². The lowest BCUT2D eigenvalue weighted by atomic mass is 10.1. The average molecular weight is 331 g/mol. The molecule has 0 heterocycles. The van der Waals surface area contributed by atoms with Crippen molar-refractivity contribution >= 4 is 17.7 Å². The lowest BCUT2D eigenvalue weighted by Gasteiger charge is -2.25. The Hall–Kier alpha value is -1.81. The minimum atomic E-state index is -0.261. The third-order valence-corrected chi connectivity index (χ3v) is 4.89. The number of carbonyl (C=O) groups is 1. The second-order valence-electron chi connectivity index (χ2n) is 5.71. The molecule has 2 nitrogen and oxygen atoms in total. The van der Waals surface area contributed by atoms with Gasteiger partial charge in [-0.1, -0.05) is 42.0 Å². The number of benzene rings is 2. The second-order valence-corrected chi connectivity index (χ2v) is 6.70. The minimum Gasteiger partial charge on any atom is -0.338 e. The fourth-order valence-electron chi connectivity index (χ4n) is 2.34. The number of nitrogens with zero attached hydrogens (tertiary/aromatic N) is 1. The summed E-state index contributed by atoms with van der Waals surface area (Å²) in [5, 5.41) is 0. The molecule has 122 valence electrons. The summed E-state index contributed by atoms with van der Waals surface area (Å²) >= 11 is 1.62. The fourth-order valence-corrected chi connectivity index (χ4v) is 3.24. The zero-order valence-electron chi connectivity index (χ0n) is 13.8. The third kappa shape index (κ3) is 5.10. The van der Waals surface area contributed by atoms with Gasteiger partial charge in [0.1, 0.15) is 5.82 Å². The number of halogens is 1. The van der Waals surface area contributed by atoms with Crippen LogP contribution in [0.4, 0.5) is 4.39 Å². The maximum Gasteiger partial charge on any atom is 0.232 e. The highest BCUT2D eigenvalue weighted by Crippen LogP contribution is 2.21. The normalized spacial score (nSPS) is 12.0. The Kier molecular flexibility index (Phi) is 6.22. The topological polar surface area (TPSA) is 20.3 Å². The van der Waals surface area contributed by atoms with Gasteiger partial charge in [-0.25, -0.2) is 4.39 Å². The highest BCUT2D eigenvalue weighted by atomic mass is 32.2. The van der Waals surface area contributed by atoms with Crippen LogP contribution in [-0.2, 0) is 10.5 Å². The van der Waals surface area contributed by atoms with Gasteiger partial charge in [-0.05, 0) is 37.1 Å². The number of amides is 1. The van der Waals surface area contributed by atoms with Gasteiger partial charge in [0, 0.05) is 12.8 Å². The predicted molar refractivity (Wildman–Crippen MR) is 94.9 cm³/mol. The van der Waals surface area contributed by atoms with Crippen LogP contribution < -0.4 is 0 Å². The summed E-state index contributed by atoms with van der Waals surface area (Å²) < 4.78 is 13.0. The molecule has 2 aromatic carbocycles. The van der Waals surface area contributed by atoms with Gasteiger partial charge in [-0.15, -0.1) is 11.8 Å². The van der Waals surface area contributed by atoms with E-state index in [1.807, 2.05) is 13.0 Å². The quantitative estimate of drug-likeness (QED) is 0.772. The molecular formula is C19H22FNOS. The van der Waals surface area contributed by atoms with Crippen molar-refractivity contribution in [2.75, 3.05) is 12.8 Å². The number of aryl methyl sites for hydroxylation is 1. The van der Waals surface area contributed by atoms with Crippen LogP contribution in [0.2, 0.25) is 0 Å². The Labute approximate surface area is 141 Å². The Morgan fingerprint density at radius 3 is 2.57 bits per heavy atom. The lowest BCUT2D eigenvalue weighted by Crippen LogP contribution is -2.31. The molecular weight excluding hydrogens is 309 g/mol. The van der Waals surface area contributed by atoms with Crippen LogP contribution in [-0.4, -0.2) is 23.6 Å². The molecule has 0 aliphatic carbocycles. The van der Waals surface area contributed by atoms with Gasteiger partial charge < -0.3 is 4.90 Å². The molecule has 0 saturated heterocycles. The zero-order chi connectivity index (χ0) is 16.8. The number of hydrogen-bond acceptors (Lipinski definition) is 2. The van der Waals surface area contributed by atoms with E-state index >= 15 is 0 Å². The van der Waals surface area contributed by atoms with Gasteiger partial charge >= 0.3 is 0 Å². The van der Waals surface area contributed by atoms with Gasteiger partial charge in [-0.2, -0.15) is 0 Å². The van der Waals surface area contributed by atoms with Gasteiger partial charge in [-0.3, -0.25) is 4.79 Å². The van der Waals surface area contributed by atoms with E-state index in [1.165, 1.54) is 23.3 Å². The highest BCUT2D eigenvalue weighted by Gasteiger charge is 2.17. The van der Waals surface area contributed by atoms with Crippen LogP contribution in [0.25, 0.3) is 0 Å². The molecule has 1 unspecified atom stereocenters. The van der Waals surface area contributed by atoms with Gasteiger partial charge in [0.2, 0.25) is 5.91 Å². The molecule has 0 saturated carbocycles. The number of hydrogen-bond donors (Lipinski definition) is 0. The van der Waals surface area contributed by atoms with Crippen molar-refractivity contribution in [3.05, 3.63) is 71.0 Å². The van der Waals surface area contributed by atoms with Gasteiger partial charge in [0.15, 0.2) is 0 Å². The standard InChI is InChI=1S/C19H22FNOS/c1-14-5-4-6-16(11-14)12-23-13-19(22)21(3)15(2)17-7-9-18(20)10-8-17/h4-11,15H,12-13H2,1-3H3. The molecule has 2 aromatic rings. The van der Waals surface area contributed by atoms with Crippen molar-refractivity contribution in [3.8, 4) is 0 Å². The molecule has 23 heavy (non-hydrogen) atoms. The molecule has 0 spiro atoms. The Balaban J connectivity index is 1.86. The van der Waals surface area contributed by atoms with E-state index in [0.29, 0.717) is 5.75 Å². The van der Waals surface area contributed by atoms with Crippen LogP contribution in [0.3, 0.4) is 0 Å². The van der Waals surface area contributed by atoms with E-state index in [9.17, 15) is 9.18 Å². The van der Waals surface area contributed by atoms with Crippen LogP contribution >= 0.6 is 11.8 Å². The van der Waals surface area contributed by atoms with Crippen molar-refractivity contribution < 1.29 is 9.18 Å². The molecule has 0 aliphatic heterocycles. The van der Waals surface area contributed by atoms with E-state index in [2.05, 4.69) is 25.1 Å². The summed E-state index contributed by atoms with van der Waals surface area (Å²) in [6, 6.07) is 14.6. The van der Waals surface area contributed by atoms with Crippen molar-refractivity contribution in [2.24, 2.45) is 0 Å². The Morgan fingerprint density at radius 1 is 1.22 bits per heavy atom. The molecule has 1 amide bonds. The second kappa shape index (κ2) is 8.16. The van der Waals surface area contributed by atoms with E-state index < -0.39 is 0 Å². The summed E-state index contributed by atoms with van der Waals surface area (Å²) in [7, 11) is 1.80. The smallest absolute Gasteiger partial charge is 0.232 e. The van der Waals surface area contributed by atoms with Crippen LogP contribution in [0.5, 0.6) is 0 Å². The molecule has 1 atom stereocenters. The Morgan fingerprint density at radius 2 is 1.91 bits per heavy atom. The van der Waals surface area contributed by atoms with E-state index in [-0.39, 0.29) is 17.8 Å². The SMILES string of the molecule is Cc1cccc(CSCC(=O)N(C)C(C)c2ccc(F)cc2)c1. The molecule has 0 N–H and O–H groups in total. The lowest BCUT2D eigenvalue weighted by molar-refractivity contribution is -0.128. The largest absolute Gasteiger partial charge is 0.338 e. The summed E-state index contributed by atoms with van der Waals surface area (Å²) in [4.78, 5) is 14.0. The summed E-state index contributed by atoms with van der Waals surface area (Å²) in [6.45, 7) is 4.02. The number of rotatable bonds is 6. The van der Waals surface area contributed by atoms with E-state index in [4.69, 9.17) is 0 Å². The molecule has 0 fully saturated rings. The molecule has 0 aliphatic rings. The van der Waals surface area contributed by atoms with Crippen molar-refractivity contribution in [1.29, 1.82) is 0 Å². The highest BCUT2D eigenvalue weighted by molar-refractivity contribution is 7.99. The monoisotopic (exact) mass is 331 g/mol. The van der Waals surface area contributed by atoms with Crippen LogP contribution in [0.15, 0.2) is 48.5 Å². The Bertz CT molecular complexity index is 657. The maximum atomic E-state index is 13.0. The van der Waals surface area contributed by atoms with Crippen LogP contribution in [0.1, 0.15) is 29.7 Å². The molecule has 0 aromatic heterocycles. The predicted octanol–water partition coefficient (Wildman–Crippen LogP) is 4.59. The van der Waals surface area contributed by atoms with Crippen LogP contribution in [0, 0.1) is 12.7 Å². The first kappa shape index (κ1) is 17.5.